The van der Waals surface area contributed by atoms with E-state index in [2.05, 4.69) is 55.6 Å². The number of aliphatic hydroxyl groups is 4. The highest BCUT2D eigenvalue weighted by Gasteiger charge is 2.28. The monoisotopic (exact) mass is 746 g/mol. The predicted molar refractivity (Wildman–Crippen MR) is 228 cm³/mol. The Morgan fingerprint density at radius 3 is 1.32 bits per heavy atom. The Morgan fingerprint density at radius 2 is 0.868 bits per heavy atom. The molecule has 0 aromatic carbocycles. The molecule has 310 valence electrons. The smallest absolute Gasteiger partial charge is 0.249 e. The lowest BCUT2D eigenvalue weighted by Gasteiger charge is -2.27. The molecule has 0 saturated carbocycles. The van der Waals surface area contributed by atoms with Gasteiger partial charge in [-0.1, -0.05) is 191 Å². The van der Waals surface area contributed by atoms with Gasteiger partial charge in [0, 0.05) is 6.42 Å². The molecule has 0 spiro atoms. The third-order valence-electron chi connectivity index (χ3n) is 10.3. The SMILES string of the molecule is CCCCCCCC/C=C\C/C=C\CC(O)C(=O)NC(CO)C(O)C(O)CCC/C=C/CC/C=C/CCCCCCCCCCCCCCCCCC. The first-order valence-electron chi connectivity index (χ1n) is 22.5. The second-order valence-electron chi connectivity index (χ2n) is 15.4. The molecule has 0 heterocycles. The van der Waals surface area contributed by atoms with Crippen LogP contribution in [0.5, 0.6) is 0 Å². The Morgan fingerprint density at radius 1 is 0.491 bits per heavy atom. The van der Waals surface area contributed by atoms with Crippen LogP contribution in [0.15, 0.2) is 48.6 Å². The van der Waals surface area contributed by atoms with Crippen LogP contribution in [-0.2, 0) is 4.79 Å². The summed E-state index contributed by atoms with van der Waals surface area (Å²) in [6.45, 7) is 3.99. The van der Waals surface area contributed by atoms with E-state index in [1.54, 1.807) is 6.08 Å². The second kappa shape index (κ2) is 41.4. The van der Waals surface area contributed by atoms with Crippen LogP contribution in [0.4, 0.5) is 0 Å². The van der Waals surface area contributed by atoms with Crippen LogP contribution in [0.3, 0.4) is 0 Å². The Kier molecular flexibility index (Phi) is 40.1. The minimum atomic E-state index is -1.31. The maximum atomic E-state index is 12.4. The van der Waals surface area contributed by atoms with Gasteiger partial charge < -0.3 is 25.7 Å². The Balaban J connectivity index is 3.81. The van der Waals surface area contributed by atoms with Crippen molar-refractivity contribution in [3.05, 3.63) is 48.6 Å². The first kappa shape index (κ1) is 51.3. The van der Waals surface area contributed by atoms with Crippen LogP contribution in [0.2, 0.25) is 0 Å². The predicted octanol–water partition coefficient (Wildman–Crippen LogP) is 11.9. The fourth-order valence-corrected chi connectivity index (χ4v) is 6.64. The molecule has 0 radical (unpaired) electrons. The number of rotatable bonds is 40. The molecule has 4 unspecified atom stereocenters. The highest BCUT2D eigenvalue weighted by Crippen LogP contribution is 2.15. The molecule has 0 saturated heterocycles. The number of aliphatic hydroxyl groups excluding tert-OH is 4. The van der Waals surface area contributed by atoms with Crippen molar-refractivity contribution in [2.24, 2.45) is 0 Å². The number of hydrogen-bond donors (Lipinski definition) is 5. The van der Waals surface area contributed by atoms with Crippen LogP contribution in [0, 0.1) is 0 Å². The summed E-state index contributed by atoms with van der Waals surface area (Å²) in [5, 5.41) is 43.4. The number of carbonyl (C=O) groups excluding carboxylic acids is 1. The zero-order valence-corrected chi connectivity index (χ0v) is 34.8. The molecule has 0 bridgehead atoms. The molecule has 0 aromatic heterocycles. The average molecular weight is 746 g/mol. The number of nitrogens with one attached hydrogen (secondary N) is 1. The van der Waals surface area contributed by atoms with Gasteiger partial charge >= 0.3 is 0 Å². The van der Waals surface area contributed by atoms with E-state index in [9.17, 15) is 25.2 Å². The number of allylic oxidation sites excluding steroid dienone is 7. The summed E-state index contributed by atoms with van der Waals surface area (Å²) in [7, 11) is 0. The van der Waals surface area contributed by atoms with Gasteiger partial charge in [-0.15, -0.1) is 0 Å². The quantitative estimate of drug-likeness (QED) is 0.0317. The van der Waals surface area contributed by atoms with Gasteiger partial charge in [-0.25, -0.2) is 0 Å². The number of hydrogen-bond acceptors (Lipinski definition) is 5. The minimum Gasteiger partial charge on any atom is -0.394 e. The number of amides is 1. The van der Waals surface area contributed by atoms with Crippen molar-refractivity contribution in [3.63, 3.8) is 0 Å². The van der Waals surface area contributed by atoms with E-state index in [-0.39, 0.29) is 6.42 Å². The van der Waals surface area contributed by atoms with Gasteiger partial charge in [0.1, 0.15) is 12.2 Å². The first-order chi connectivity index (χ1) is 26.0. The lowest BCUT2D eigenvalue weighted by atomic mass is 10.0. The highest BCUT2D eigenvalue weighted by atomic mass is 16.3. The molecule has 1 amide bonds. The maximum absolute atomic E-state index is 12.4. The van der Waals surface area contributed by atoms with E-state index in [0.29, 0.717) is 12.8 Å². The van der Waals surface area contributed by atoms with Crippen LogP contribution in [0.25, 0.3) is 0 Å². The number of carbonyl (C=O) groups is 1. The van der Waals surface area contributed by atoms with Crippen molar-refractivity contribution in [1.82, 2.24) is 5.32 Å². The van der Waals surface area contributed by atoms with Gasteiger partial charge in [0.05, 0.1) is 18.8 Å². The normalized spacial score (nSPS) is 14.6. The zero-order chi connectivity index (χ0) is 38.9. The third kappa shape index (κ3) is 35.7. The van der Waals surface area contributed by atoms with E-state index < -0.39 is 36.9 Å². The first-order valence-corrected chi connectivity index (χ1v) is 22.5. The highest BCUT2D eigenvalue weighted by molar-refractivity contribution is 5.81. The van der Waals surface area contributed by atoms with Crippen molar-refractivity contribution in [3.8, 4) is 0 Å². The molecule has 0 aliphatic heterocycles. The minimum absolute atomic E-state index is 0.148. The van der Waals surface area contributed by atoms with Crippen molar-refractivity contribution in [2.75, 3.05) is 6.61 Å². The van der Waals surface area contributed by atoms with E-state index >= 15 is 0 Å². The largest absolute Gasteiger partial charge is 0.394 e. The van der Waals surface area contributed by atoms with Gasteiger partial charge in [-0.05, 0) is 64.2 Å². The molecular weight excluding hydrogens is 659 g/mol. The molecule has 0 rings (SSSR count). The Labute approximate surface area is 328 Å². The van der Waals surface area contributed by atoms with Crippen molar-refractivity contribution in [1.29, 1.82) is 0 Å². The molecule has 0 aliphatic carbocycles. The molecular formula is C47H87NO5. The van der Waals surface area contributed by atoms with E-state index in [1.807, 2.05) is 6.08 Å². The van der Waals surface area contributed by atoms with Crippen LogP contribution >= 0.6 is 0 Å². The lowest BCUT2D eigenvalue weighted by Crippen LogP contribution is -2.52. The summed E-state index contributed by atoms with van der Waals surface area (Å²) in [5.74, 6) is -0.666. The molecule has 6 nitrogen and oxygen atoms in total. The van der Waals surface area contributed by atoms with Gasteiger partial charge in [-0.2, -0.15) is 0 Å². The summed E-state index contributed by atoms with van der Waals surface area (Å²) in [4.78, 5) is 12.4. The van der Waals surface area contributed by atoms with Gasteiger partial charge in [0.2, 0.25) is 5.91 Å². The molecule has 4 atom stereocenters. The summed E-state index contributed by atoms with van der Waals surface area (Å²) in [6, 6.07) is -1.04. The molecule has 0 aromatic rings. The van der Waals surface area contributed by atoms with E-state index in [4.69, 9.17) is 0 Å². The van der Waals surface area contributed by atoms with E-state index in [1.165, 1.54) is 148 Å². The lowest BCUT2D eigenvalue weighted by molar-refractivity contribution is -0.132. The van der Waals surface area contributed by atoms with Crippen molar-refractivity contribution < 1.29 is 25.2 Å². The Hall–Kier alpha value is -1.73. The average Bonchev–Trinajstić information content (AvgIpc) is 3.16. The summed E-state index contributed by atoms with van der Waals surface area (Å²) < 4.78 is 0. The third-order valence-corrected chi connectivity index (χ3v) is 10.3. The van der Waals surface area contributed by atoms with Crippen LogP contribution in [-0.4, -0.2) is 57.3 Å². The topological polar surface area (TPSA) is 110 Å². The molecule has 0 aliphatic rings. The molecule has 53 heavy (non-hydrogen) atoms. The summed E-state index contributed by atoms with van der Waals surface area (Å²) in [5.41, 5.74) is 0. The fourth-order valence-electron chi connectivity index (χ4n) is 6.64. The maximum Gasteiger partial charge on any atom is 0.249 e. The number of unbranched alkanes of at least 4 members (excludes halogenated alkanes) is 24. The summed E-state index contributed by atoms with van der Waals surface area (Å²) >= 11 is 0. The summed E-state index contributed by atoms with van der Waals surface area (Å²) in [6.07, 6.45) is 50.4. The molecule has 0 fully saturated rings. The van der Waals surface area contributed by atoms with Gasteiger partial charge in [-0.3, -0.25) is 4.79 Å². The molecule has 6 heteroatoms. The van der Waals surface area contributed by atoms with Crippen molar-refractivity contribution in [2.45, 2.75) is 237 Å². The molecule has 5 N–H and O–H groups in total. The fraction of sp³-hybridized carbons (Fsp3) is 0.809. The van der Waals surface area contributed by atoms with Gasteiger partial charge in [0.25, 0.3) is 0 Å². The van der Waals surface area contributed by atoms with E-state index in [0.717, 1.165) is 32.1 Å². The zero-order valence-electron chi connectivity index (χ0n) is 34.8. The van der Waals surface area contributed by atoms with Crippen LogP contribution < -0.4 is 5.32 Å². The Bertz CT molecular complexity index is 884. The van der Waals surface area contributed by atoms with Gasteiger partial charge in [0.15, 0.2) is 0 Å². The standard InChI is InChI=1S/C47H87NO5/c1-3-5-7-9-11-13-15-17-18-19-20-21-22-23-24-25-26-27-28-29-31-32-34-36-38-40-44(50)46(52)43(42-49)48-47(53)45(51)41-39-37-35-33-30-16-14-12-10-8-6-4-2/h27-28,30,32-34,37,39,43-46,49-52H,3-26,29,31,35-36,38,40-42H2,1-2H3,(H,48,53)/b28-27+,33-30-,34-32+,39-37-. The van der Waals surface area contributed by atoms with Crippen molar-refractivity contribution >= 4 is 5.91 Å². The van der Waals surface area contributed by atoms with Crippen LogP contribution in [0.1, 0.15) is 213 Å². The second-order valence-corrected chi connectivity index (χ2v) is 15.4.